The Morgan fingerprint density at radius 3 is 2.60 bits per heavy atom. The predicted octanol–water partition coefficient (Wildman–Crippen LogP) is 6.04. The van der Waals surface area contributed by atoms with E-state index in [9.17, 15) is 24.5 Å². The van der Waals surface area contributed by atoms with E-state index in [1.165, 1.54) is 23.5 Å². The number of ether oxygens (including phenoxy) is 1. The third-order valence-electron chi connectivity index (χ3n) is 6.19. The lowest BCUT2D eigenvalue weighted by Gasteiger charge is -2.26. The van der Waals surface area contributed by atoms with Crippen molar-refractivity contribution in [2.24, 2.45) is 0 Å². The molecule has 12 heteroatoms. The molecule has 0 atom stereocenters. The SMILES string of the molecule is CCOc1ccc2nc(Sc3ccc(/C=C4\C(=O)NC(=O)N(c5ccc(C)c(C)c5)C4=O)cc3[N+](=O)[O-])sc2c1. The van der Waals surface area contributed by atoms with Crippen molar-refractivity contribution < 1.29 is 24.0 Å². The maximum atomic E-state index is 13.2. The highest BCUT2D eigenvalue weighted by atomic mass is 32.2. The van der Waals surface area contributed by atoms with Crippen molar-refractivity contribution in [2.45, 2.75) is 30.0 Å². The summed E-state index contributed by atoms with van der Waals surface area (Å²) in [5.74, 6) is -0.978. The minimum absolute atomic E-state index is 0.209. The molecule has 1 N–H and O–H groups in total. The fourth-order valence-electron chi connectivity index (χ4n) is 4.05. The Bertz CT molecular complexity index is 1750. The predicted molar refractivity (Wildman–Crippen MR) is 153 cm³/mol. The number of barbiturate groups is 1. The third kappa shape index (κ3) is 5.31. The van der Waals surface area contributed by atoms with Gasteiger partial charge in [0, 0.05) is 6.07 Å². The van der Waals surface area contributed by atoms with E-state index in [0.29, 0.717) is 21.5 Å². The van der Waals surface area contributed by atoms with E-state index < -0.39 is 22.8 Å². The van der Waals surface area contributed by atoms with E-state index in [4.69, 9.17) is 4.74 Å². The van der Waals surface area contributed by atoms with E-state index in [-0.39, 0.29) is 16.8 Å². The lowest BCUT2D eigenvalue weighted by atomic mass is 10.0. The van der Waals surface area contributed by atoms with Crippen LogP contribution >= 0.6 is 23.1 Å². The number of nitrogens with zero attached hydrogens (tertiary/aromatic N) is 3. The van der Waals surface area contributed by atoms with Gasteiger partial charge in [-0.1, -0.05) is 23.9 Å². The number of fused-ring (bicyclic) bond motifs is 1. The molecule has 1 aliphatic heterocycles. The van der Waals surface area contributed by atoms with Crippen LogP contribution in [-0.2, 0) is 9.59 Å². The van der Waals surface area contributed by atoms with Gasteiger partial charge in [-0.25, -0.2) is 14.7 Å². The number of aryl methyl sites for hydroxylation is 2. The molecule has 10 nitrogen and oxygen atoms in total. The van der Waals surface area contributed by atoms with Crippen LogP contribution < -0.4 is 15.0 Å². The number of hydrogen-bond donors (Lipinski definition) is 1. The third-order valence-corrected chi connectivity index (χ3v) is 8.33. The number of carbonyl (C=O) groups excluding carboxylic acids is 3. The van der Waals surface area contributed by atoms with Gasteiger partial charge >= 0.3 is 6.03 Å². The number of aromatic nitrogens is 1. The summed E-state index contributed by atoms with van der Waals surface area (Å²) in [6.45, 7) is 6.18. The number of nitro benzene ring substituents is 1. The second-order valence-corrected chi connectivity index (χ2v) is 11.2. The second kappa shape index (κ2) is 10.9. The number of amides is 4. The maximum Gasteiger partial charge on any atom is 0.335 e. The van der Waals surface area contributed by atoms with Crippen molar-refractivity contribution in [3.8, 4) is 5.75 Å². The minimum Gasteiger partial charge on any atom is -0.494 e. The molecule has 0 aliphatic carbocycles. The first-order valence-corrected chi connectivity index (χ1v) is 13.8. The van der Waals surface area contributed by atoms with Crippen molar-refractivity contribution in [3.05, 3.63) is 87.0 Å². The molecule has 0 radical (unpaired) electrons. The monoisotopic (exact) mass is 574 g/mol. The van der Waals surface area contributed by atoms with Crippen LogP contribution in [-0.4, -0.2) is 34.4 Å². The molecule has 0 saturated carbocycles. The number of hydrogen-bond acceptors (Lipinski definition) is 9. The molecule has 3 aromatic carbocycles. The Morgan fingerprint density at radius 1 is 1.07 bits per heavy atom. The molecule has 1 aromatic heterocycles. The number of anilines is 1. The zero-order valence-electron chi connectivity index (χ0n) is 21.6. The molecule has 4 aromatic rings. The highest BCUT2D eigenvalue weighted by molar-refractivity contribution is 8.01. The number of carbonyl (C=O) groups is 3. The molecule has 1 fully saturated rings. The molecular formula is C28H22N4O6S2. The zero-order chi connectivity index (χ0) is 28.6. The van der Waals surface area contributed by atoms with Crippen molar-refractivity contribution >= 4 is 68.6 Å². The molecule has 0 spiro atoms. The Morgan fingerprint density at radius 2 is 1.88 bits per heavy atom. The van der Waals surface area contributed by atoms with Crippen LogP contribution in [0.3, 0.4) is 0 Å². The molecule has 4 amide bonds. The summed E-state index contributed by atoms with van der Waals surface area (Å²) in [5, 5.41) is 14.1. The van der Waals surface area contributed by atoms with E-state index in [2.05, 4.69) is 10.3 Å². The van der Waals surface area contributed by atoms with E-state index in [1.807, 2.05) is 39.0 Å². The number of nitro groups is 1. The largest absolute Gasteiger partial charge is 0.494 e. The topological polar surface area (TPSA) is 132 Å². The van der Waals surface area contributed by atoms with Crippen LogP contribution in [0.2, 0.25) is 0 Å². The molecule has 1 saturated heterocycles. The second-order valence-electron chi connectivity index (χ2n) is 8.86. The summed E-state index contributed by atoms with van der Waals surface area (Å²) in [6.07, 6.45) is 1.24. The number of benzene rings is 3. The van der Waals surface area contributed by atoms with Gasteiger partial charge in [-0.2, -0.15) is 0 Å². The Kier molecular flexibility index (Phi) is 7.37. The van der Waals surface area contributed by atoms with Gasteiger partial charge in [0.25, 0.3) is 17.5 Å². The number of imide groups is 2. The fourth-order valence-corrected chi connectivity index (χ4v) is 6.19. The molecular weight excluding hydrogens is 552 g/mol. The van der Waals surface area contributed by atoms with Gasteiger partial charge in [-0.3, -0.25) is 25.0 Å². The van der Waals surface area contributed by atoms with Gasteiger partial charge in [0.05, 0.1) is 32.3 Å². The van der Waals surface area contributed by atoms with Crippen LogP contribution in [0.25, 0.3) is 16.3 Å². The normalized spacial score (nSPS) is 14.6. The number of thiazole rings is 1. The summed E-state index contributed by atoms with van der Waals surface area (Å²) in [6, 6.07) is 14.1. The molecule has 40 heavy (non-hydrogen) atoms. The Hall–Kier alpha value is -4.55. The number of urea groups is 1. The van der Waals surface area contributed by atoms with Gasteiger partial charge in [-0.05, 0) is 79.9 Å². The van der Waals surface area contributed by atoms with Crippen molar-refractivity contribution in [1.29, 1.82) is 0 Å². The van der Waals surface area contributed by atoms with Gasteiger partial charge < -0.3 is 4.74 Å². The first-order chi connectivity index (χ1) is 19.1. The van der Waals surface area contributed by atoms with Crippen molar-refractivity contribution in [3.63, 3.8) is 0 Å². The molecule has 2 heterocycles. The summed E-state index contributed by atoms with van der Waals surface area (Å²) < 4.78 is 7.04. The van der Waals surface area contributed by atoms with Gasteiger partial charge in [0.2, 0.25) is 0 Å². The maximum absolute atomic E-state index is 13.2. The van der Waals surface area contributed by atoms with Crippen LogP contribution in [0.5, 0.6) is 5.75 Å². The zero-order valence-corrected chi connectivity index (χ0v) is 23.2. The smallest absolute Gasteiger partial charge is 0.335 e. The Labute approximate surface area is 236 Å². The summed E-state index contributed by atoms with van der Waals surface area (Å²) in [4.78, 5) is 55.6. The molecule has 0 bridgehead atoms. The van der Waals surface area contributed by atoms with Gasteiger partial charge in [0.15, 0.2) is 4.34 Å². The first kappa shape index (κ1) is 27.0. The average Bonchev–Trinajstić information content (AvgIpc) is 3.31. The van der Waals surface area contributed by atoms with E-state index >= 15 is 0 Å². The summed E-state index contributed by atoms with van der Waals surface area (Å²) >= 11 is 2.54. The van der Waals surface area contributed by atoms with E-state index in [0.717, 1.165) is 43.8 Å². The van der Waals surface area contributed by atoms with E-state index in [1.54, 1.807) is 30.3 Å². The van der Waals surface area contributed by atoms with Crippen LogP contribution in [0.4, 0.5) is 16.2 Å². The van der Waals surface area contributed by atoms with Crippen molar-refractivity contribution in [2.75, 3.05) is 11.5 Å². The van der Waals surface area contributed by atoms with Gasteiger partial charge in [-0.15, -0.1) is 11.3 Å². The number of rotatable bonds is 7. The lowest BCUT2D eigenvalue weighted by molar-refractivity contribution is -0.387. The molecule has 0 unspecified atom stereocenters. The summed E-state index contributed by atoms with van der Waals surface area (Å²) in [5.41, 5.74) is 2.65. The van der Waals surface area contributed by atoms with Crippen LogP contribution in [0.15, 0.2) is 69.4 Å². The minimum atomic E-state index is -0.878. The fraction of sp³-hybridized carbons (Fsp3) is 0.143. The van der Waals surface area contributed by atoms with Crippen molar-refractivity contribution in [1.82, 2.24) is 10.3 Å². The molecule has 202 valence electrons. The first-order valence-electron chi connectivity index (χ1n) is 12.1. The van der Waals surface area contributed by atoms with Crippen LogP contribution in [0, 0.1) is 24.0 Å². The molecule has 5 rings (SSSR count). The standard InChI is InChI=1S/C28H22N4O6S2/c1-4-38-19-8-9-21-24(14-19)40-28(29-21)39-23-10-6-17(13-22(23)32(36)37)12-20-25(33)30-27(35)31(26(20)34)18-7-5-15(2)16(3)11-18/h5-14H,4H2,1-3H3,(H,30,33,35)/b20-12+. The molecule has 1 aliphatic rings. The highest BCUT2D eigenvalue weighted by Gasteiger charge is 2.37. The summed E-state index contributed by atoms with van der Waals surface area (Å²) in [7, 11) is 0. The van der Waals surface area contributed by atoms with Crippen LogP contribution in [0.1, 0.15) is 23.6 Å². The van der Waals surface area contributed by atoms with Gasteiger partial charge in [0.1, 0.15) is 11.3 Å². The number of nitrogens with one attached hydrogen (secondary N) is 1. The highest BCUT2D eigenvalue weighted by Crippen LogP contribution is 2.40. The Balaban J connectivity index is 1.45. The lowest BCUT2D eigenvalue weighted by Crippen LogP contribution is -2.54. The average molecular weight is 575 g/mol. The quantitative estimate of drug-likeness (QED) is 0.122.